The van der Waals surface area contributed by atoms with Gasteiger partial charge in [0, 0.05) is 12.3 Å². The van der Waals surface area contributed by atoms with E-state index in [0.29, 0.717) is 0 Å². The summed E-state index contributed by atoms with van der Waals surface area (Å²) in [6.45, 7) is -0.277. The summed E-state index contributed by atoms with van der Waals surface area (Å²) in [4.78, 5) is 14.7. The molecule has 0 radical (unpaired) electrons. The van der Waals surface area contributed by atoms with Gasteiger partial charge in [-0.2, -0.15) is 4.98 Å². The van der Waals surface area contributed by atoms with Crippen LogP contribution in [0.15, 0.2) is 17.1 Å². The molecule has 1 fully saturated rings. The Kier molecular flexibility index (Phi) is 2.00. The van der Waals surface area contributed by atoms with Gasteiger partial charge in [0.05, 0.1) is 6.61 Å². The van der Waals surface area contributed by atoms with E-state index in [-0.39, 0.29) is 12.6 Å². The number of aliphatic hydroxyl groups excluding tert-OH is 2. The Morgan fingerprint density at radius 2 is 2.38 bits per heavy atom. The van der Waals surface area contributed by atoms with E-state index in [1.165, 1.54) is 16.8 Å². The molecule has 0 spiro atoms. The summed E-state index contributed by atoms with van der Waals surface area (Å²) in [5.41, 5.74) is -0.403. The third kappa shape index (κ3) is 1.19. The maximum Gasteiger partial charge on any atom is 0.302 e. The van der Waals surface area contributed by atoms with E-state index in [2.05, 4.69) is 4.98 Å². The summed E-state index contributed by atoms with van der Waals surface area (Å²) in [5.74, 6) is 0. The minimum Gasteiger partial charge on any atom is -0.453 e. The Labute approximate surface area is 89.9 Å². The van der Waals surface area contributed by atoms with E-state index in [4.69, 9.17) is 14.6 Å². The molecule has 2 N–H and O–H groups in total. The summed E-state index contributed by atoms with van der Waals surface area (Å²) in [7, 11) is 0. The van der Waals surface area contributed by atoms with Gasteiger partial charge in [-0.05, 0) is 0 Å². The van der Waals surface area contributed by atoms with Gasteiger partial charge in [0.25, 0.3) is 5.56 Å². The molecule has 1 saturated heterocycles. The van der Waals surface area contributed by atoms with Crippen molar-refractivity contribution in [2.45, 2.75) is 24.5 Å². The molecule has 1 aromatic heterocycles. The van der Waals surface area contributed by atoms with Crippen LogP contribution in [0.25, 0.3) is 0 Å². The second kappa shape index (κ2) is 3.27. The van der Waals surface area contributed by atoms with Gasteiger partial charge < -0.3 is 19.7 Å². The van der Waals surface area contributed by atoms with Crippen LogP contribution in [-0.4, -0.2) is 44.7 Å². The fraction of sp³-hybridized carbons (Fsp3) is 0.556. The molecule has 16 heavy (non-hydrogen) atoms. The summed E-state index contributed by atoms with van der Waals surface area (Å²) < 4.78 is 12.3. The Bertz CT molecular complexity index is 473. The van der Waals surface area contributed by atoms with Crippen molar-refractivity contribution in [2.75, 3.05) is 6.61 Å². The van der Waals surface area contributed by atoms with Gasteiger partial charge in [-0.25, -0.2) is 0 Å². The molecule has 2 aliphatic rings. The largest absolute Gasteiger partial charge is 0.453 e. The van der Waals surface area contributed by atoms with Crippen molar-refractivity contribution < 1.29 is 19.7 Å². The highest BCUT2D eigenvalue weighted by molar-refractivity contribution is 5.10. The minimum absolute atomic E-state index is 0.137. The Balaban J connectivity index is 1.99. The van der Waals surface area contributed by atoms with E-state index in [0.717, 1.165) is 0 Å². The molecule has 1 unspecified atom stereocenters. The quantitative estimate of drug-likeness (QED) is 0.590. The van der Waals surface area contributed by atoms with Crippen molar-refractivity contribution in [3.05, 3.63) is 22.6 Å². The number of fused-ring (bicyclic) bond motifs is 3. The standard InChI is InChI=1S/C9H10N2O5/c12-3-4-6(14)7-8(15-4)11-2-1-5(13)10-9(11)16-7/h1-2,4,6-8,12,14H,3H2/t4-,6+,7?,8-/m1/s1. The number of nitrogens with zero attached hydrogens (tertiary/aromatic N) is 2. The molecule has 86 valence electrons. The highest BCUT2D eigenvalue weighted by atomic mass is 16.6. The number of hydrogen-bond acceptors (Lipinski definition) is 6. The average molecular weight is 226 g/mol. The number of ether oxygens (including phenoxy) is 2. The highest BCUT2D eigenvalue weighted by Crippen LogP contribution is 2.38. The fourth-order valence-corrected chi connectivity index (χ4v) is 2.02. The molecule has 7 nitrogen and oxygen atoms in total. The van der Waals surface area contributed by atoms with Crippen LogP contribution < -0.4 is 10.3 Å². The summed E-state index contributed by atoms with van der Waals surface area (Å²) in [6.07, 6.45) is -1.24. The lowest BCUT2D eigenvalue weighted by Gasteiger charge is -2.13. The molecule has 4 atom stereocenters. The van der Waals surface area contributed by atoms with E-state index in [9.17, 15) is 9.90 Å². The first-order valence-electron chi connectivity index (χ1n) is 4.91. The van der Waals surface area contributed by atoms with Crippen LogP contribution in [0.4, 0.5) is 0 Å². The van der Waals surface area contributed by atoms with Crippen LogP contribution in [0.1, 0.15) is 6.23 Å². The number of aromatic nitrogens is 2. The second-order valence-electron chi connectivity index (χ2n) is 3.78. The van der Waals surface area contributed by atoms with Gasteiger partial charge in [0.2, 0.25) is 0 Å². The van der Waals surface area contributed by atoms with Crippen LogP contribution in [0.2, 0.25) is 0 Å². The molecule has 7 heteroatoms. The van der Waals surface area contributed by atoms with Crippen molar-refractivity contribution >= 4 is 0 Å². The van der Waals surface area contributed by atoms with Gasteiger partial charge in [-0.1, -0.05) is 0 Å². The molecule has 0 saturated carbocycles. The van der Waals surface area contributed by atoms with E-state index in [1.54, 1.807) is 0 Å². The molecular formula is C9H10N2O5. The predicted octanol–water partition coefficient (Wildman–Crippen LogP) is -1.75. The lowest BCUT2D eigenvalue weighted by atomic mass is 10.1. The minimum atomic E-state index is -0.924. The maximum absolute atomic E-state index is 11.0. The van der Waals surface area contributed by atoms with Crippen molar-refractivity contribution in [3.63, 3.8) is 0 Å². The molecule has 1 aromatic rings. The molecule has 0 amide bonds. The first-order chi connectivity index (χ1) is 7.70. The zero-order valence-corrected chi connectivity index (χ0v) is 8.18. The Morgan fingerprint density at radius 3 is 3.12 bits per heavy atom. The normalized spacial score (nSPS) is 35.6. The van der Waals surface area contributed by atoms with E-state index in [1.807, 2.05) is 0 Å². The summed E-state index contributed by atoms with van der Waals surface area (Å²) in [6, 6.07) is 1.43. The number of hydrogen-bond donors (Lipinski definition) is 2. The van der Waals surface area contributed by atoms with Gasteiger partial charge in [-0.3, -0.25) is 9.36 Å². The molecule has 2 aliphatic heterocycles. The Hall–Kier alpha value is -1.44. The van der Waals surface area contributed by atoms with Crippen LogP contribution in [-0.2, 0) is 4.74 Å². The maximum atomic E-state index is 11.0. The van der Waals surface area contributed by atoms with E-state index < -0.39 is 30.1 Å². The zero-order valence-electron chi connectivity index (χ0n) is 8.18. The molecular weight excluding hydrogens is 216 g/mol. The summed E-state index contributed by atoms with van der Waals surface area (Å²) in [5, 5.41) is 18.7. The van der Waals surface area contributed by atoms with Crippen molar-refractivity contribution in [1.29, 1.82) is 0 Å². The van der Waals surface area contributed by atoms with Gasteiger partial charge >= 0.3 is 6.01 Å². The van der Waals surface area contributed by atoms with Gasteiger partial charge in [0.15, 0.2) is 12.3 Å². The first kappa shape index (κ1) is 9.76. The SMILES string of the molecule is O=c1ccn2c(n1)OC1[C@@H](O)[C@@H](CO)O[C@H]12. The van der Waals surface area contributed by atoms with Crippen LogP contribution >= 0.6 is 0 Å². The smallest absolute Gasteiger partial charge is 0.302 e. The monoisotopic (exact) mass is 226 g/mol. The number of aliphatic hydroxyl groups is 2. The van der Waals surface area contributed by atoms with Crippen LogP contribution in [0.3, 0.4) is 0 Å². The Morgan fingerprint density at radius 1 is 1.56 bits per heavy atom. The van der Waals surface area contributed by atoms with Crippen LogP contribution in [0.5, 0.6) is 6.01 Å². The number of rotatable bonds is 1. The second-order valence-corrected chi connectivity index (χ2v) is 3.78. The molecule has 0 bridgehead atoms. The van der Waals surface area contributed by atoms with E-state index >= 15 is 0 Å². The lowest BCUT2D eigenvalue weighted by molar-refractivity contribution is -0.0434. The van der Waals surface area contributed by atoms with Crippen molar-refractivity contribution in [3.8, 4) is 6.01 Å². The van der Waals surface area contributed by atoms with Crippen molar-refractivity contribution in [2.24, 2.45) is 0 Å². The lowest BCUT2D eigenvalue weighted by Crippen LogP contribution is -2.34. The zero-order chi connectivity index (χ0) is 11.3. The van der Waals surface area contributed by atoms with Gasteiger partial charge in [-0.15, -0.1) is 0 Å². The highest BCUT2D eigenvalue weighted by Gasteiger charge is 2.50. The van der Waals surface area contributed by atoms with Crippen LogP contribution in [0, 0.1) is 0 Å². The fourth-order valence-electron chi connectivity index (χ4n) is 2.02. The average Bonchev–Trinajstić information content (AvgIpc) is 2.75. The molecule has 3 rings (SSSR count). The van der Waals surface area contributed by atoms with Crippen molar-refractivity contribution in [1.82, 2.24) is 9.55 Å². The molecule has 0 aromatic carbocycles. The molecule has 0 aliphatic carbocycles. The molecule has 3 heterocycles. The van der Waals surface area contributed by atoms with Gasteiger partial charge in [0.1, 0.15) is 12.2 Å². The third-order valence-electron chi connectivity index (χ3n) is 2.81. The summed E-state index contributed by atoms with van der Waals surface area (Å²) >= 11 is 0. The topological polar surface area (TPSA) is 93.8 Å². The predicted molar refractivity (Wildman–Crippen MR) is 49.9 cm³/mol. The first-order valence-corrected chi connectivity index (χ1v) is 4.91. The third-order valence-corrected chi connectivity index (χ3v) is 2.81.